The van der Waals surface area contributed by atoms with Crippen molar-refractivity contribution in [3.63, 3.8) is 0 Å². The van der Waals surface area contributed by atoms with Crippen molar-refractivity contribution in [2.75, 3.05) is 33.2 Å². The molecule has 3 aromatic rings. The molecule has 0 radical (unpaired) electrons. The van der Waals surface area contributed by atoms with Crippen LogP contribution in [0.15, 0.2) is 42.6 Å². The van der Waals surface area contributed by atoms with Crippen LogP contribution in [-0.2, 0) is 6.54 Å². The number of thiophene rings is 1. The van der Waals surface area contributed by atoms with E-state index in [0.29, 0.717) is 5.56 Å². The summed E-state index contributed by atoms with van der Waals surface area (Å²) in [5.41, 5.74) is 3.18. The fourth-order valence-corrected chi connectivity index (χ4v) is 4.16. The van der Waals surface area contributed by atoms with Gasteiger partial charge in [-0.1, -0.05) is 24.3 Å². The van der Waals surface area contributed by atoms with Gasteiger partial charge in [0.1, 0.15) is 10.9 Å². The fourth-order valence-electron chi connectivity index (χ4n) is 3.17. The minimum absolute atomic E-state index is 0.611. The van der Waals surface area contributed by atoms with Gasteiger partial charge in [-0.05, 0) is 30.3 Å². The van der Waals surface area contributed by atoms with Crippen LogP contribution in [0.4, 0.5) is 0 Å². The summed E-state index contributed by atoms with van der Waals surface area (Å²) >= 11 is 1.67. The number of piperazine rings is 1. The summed E-state index contributed by atoms with van der Waals surface area (Å²) in [6.45, 7) is 5.60. The number of likely N-dealkylation sites (N-methyl/N-ethyl adjacent to an activating group) is 1. The van der Waals surface area contributed by atoms with E-state index in [2.05, 4.69) is 58.2 Å². The lowest BCUT2D eigenvalue weighted by Gasteiger charge is -2.32. The first-order valence-electron chi connectivity index (χ1n) is 8.51. The van der Waals surface area contributed by atoms with Crippen LogP contribution < -0.4 is 0 Å². The Balaban J connectivity index is 1.51. The quantitative estimate of drug-likeness (QED) is 0.726. The number of nitriles is 1. The van der Waals surface area contributed by atoms with Gasteiger partial charge in [0.05, 0.1) is 5.56 Å². The van der Waals surface area contributed by atoms with Gasteiger partial charge in [0.2, 0.25) is 0 Å². The van der Waals surface area contributed by atoms with Crippen molar-refractivity contribution < 1.29 is 0 Å². The Morgan fingerprint density at radius 2 is 1.88 bits per heavy atom. The Kier molecular flexibility index (Phi) is 4.50. The van der Waals surface area contributed by atoms with Crippen molar-refractivity contribution in [2.24, 2.45) is 0 Å². The number of hydrogen-bond donors (Lipinski definition) is 0. The van der Waals surface area contributed by atoms with Crippen LogP contribution in [0.3, 0.4) is 0 Å². The van der Waals surface area contributed by atoms with E-state index in [4.69, 9.17) is 5.26 Å². The lowest BCUT2D eigenvalue weighted by Crippen LogP contribution is -2.43. The van der Waals surface area contributed by atoms with E-state index in [-0.39, 0.29) is 0 Å². The van der Waals surface area contributed by atoms with Crippen molar-refractivity contribution in [1.29, 1.82) is 5.26 Å². The first-order chi connectivity index (χ1) is 12.2. The van der Waals surface area contributed by atoms with Crippen LogP contribution in [0.2, 0.25) is 0 Å². The maximum absolute atomic E-state index is 9.01. The molecule has 0 bridgehead atoms. The third kappa shape index (κ3) is 3.57. The Morgan fingerprint density at radius 1 is 1.12 bits per heavy atom. The smallest absolute Gasteiger partial charge is 0.123 e. The molecule has 126 valence electrons. The molecule has 1 fully saturated rings. The van der Waals surface area contributed by atoms with Crippen LogP contribution in [0, 0.1) is 11.3 Å². The molecule has 3 heterocycles. The monoisotopic (exact) mass is 348 g/mol. The highest BCUT2D eigenvalue weighted by molar-refractivity contribution is 7.21. The molecule has 0 unspecified atom stereocenters. The van der Waals surface area contributed by atoms with Gasteiger partial charge in [0, 0.05) is 49.2 Å². The molecule has 4 nitrogen and oxygen atoms in total. The van der Waals surface area contributed by atoms with Crippen molar-refractivity contribution in [1.82, 2.24) is 14.8 Å². The fraction of sp³-hybridized carbons (Fsp3) is 0.300. The molecular weight excluding hydrogens is 328 g/mol. The van der Waals surface area contributed by atoms with Crippen molar-refractivity contribution in [2.45, 2.75) is 6.54 Å². The van der Waals surface area contributed by atoms with Gasteiger partial charge in [-0.25, -0.2) is 4.98 Å². The van der Waals surface area contributed by atoms with Crippen molar-refractivity contribution in [3.05, 3.63) is 53.7 Å². The number of fused-ring (bicyclic) bond motifs is 1. The normalized spacial score (nSPS) is 16.2. The second kappa shape index (κ2) is 6.93. The molecule has 5 heteroatoms. The molecule has 1 saturated heterocycles. The van der Waals surface area contributed by atoms with E-state index in [0.717, 1.165) is 42.9 Å². The van der Waals surface area contributed by atoms with E-state index in [1.54, 1.807) is 17.5 Å². The van der Waals surface area contributed by atoms with Crippen LogP contribution >= 0.6 is 11.3 Å². The predicted octanol–water partition coefficient (Wildman–Crippen LogP) is 3.58. The van der Waals surface area contributed by atoms with Gasteiger partial charge in [-0.3, -0.25) is 4.90 Å². The van der Waals surface area contributed by atoms with Gasteiger partial charge in [-0.2, -0.15) is 5.26 Å². The number of pyridine rings is 1. The standard InChI is InChI=1S/C20H20N4S/c1-23-6-8-24(9-7-23)14-15-2-4-17(5-3-15)19-11-18-10-16(12-21)13-22-20(18)25-19/h2-5,10-11,13H,6-9,14H2,1H3. The van der Waals surface area contributed by atoms with Crippen LogP contribution in [-0.4, -0.2) is 48.0 Å². The number of benzene rings is 1. The van der Waals surface area contributed by atoms with E-state index in [1.807, 2.05) is 6.07 Å². The molecule has 25 heavy (non-hydrogen) atoms. The highest BCUT2D eigenvalue weighted by Gasteiger charge is 2.14. The summed E-state index contributed by atoms with van der Waals surface area (Å²) < 4.78 is 0. The second-order valence-corrected chi connectivity index (χ2v) is 7.65. The molecular formula is C20H20N4S. The Labute approximate surface area is 151 Å². The van der Waals surface area contributed by atoms with Gasteiger partial charge in [0.25, 0.3) is 0 Å². The highest BCUT2D eigenvalue weighted by atomic mass is 32.1. The zero-order chi connectivity index (χ0) is 17.2. The number of aromatic nitrogens is 1. The third-order valence-corrected chi connectivity index (χ3v) is 5.85. The van der Waals surface area contributed by atoms with E-state index < -0.39 is 0 Å². The zero-order valence-electron chi connectivity index (χ0n) is 14.3. The Bertz CT molecular complexity index is 915. The first kappa shape index (κ1) is 16.2. The molecule has 1 aromatic carbocycles. The average molecular weight is 348 g/mol. The largest absolute Gasteiger partial charge is 0.304 e. The molecule has 0 N–H and O–H groups in total. The lowest BCUT2D eigenvalue weighted by atomic mass is 10.1. The topological polar surface area (TPSA) is 43.2 Å². The maximum Gasteiger partial charge on any atom is 0.123 e. The van der Waals surface area contributed by atoms with E-state index in [1.165, 1.54) is 16.0 Å². The van der Waals surface area contributed by atoms with Gasteiger partial charge >= 0.3 is 0 Å². The zero-order valence-corrected chi connectivity index (χ0v) is 15.1. The predicted molar refractivity (Wildman–Crippen MR) is 103 cm³/mol. The minimum Gasteiger partial charge on any atom is -0.304 e. The lowest BCUT2D eigenvalue weighted by molar-refractivity contribution is 0.148. The third-order valence-electron chi connectivity index (χ3n) is 4.74. The first-order valence-corrected chi connectivity index (χ1v) is 9.33. The highest BCUT2D eigenvalue weighted by Crippen LogP contribution is 2.32. The Morgan fingerprint density at radius 3 is 2.60 bits per heavy atom. The molecule has 0 atom stereocenters. The molecule has 0 spiro atoms. The average Bonchev–Trinajstić information content (AvgIpc) is 3.07. The van der Waals surface area contributed by atoms with Crippen LogP contribution in [0.5, 0.6) is 0 Å². The molecule has 4 rings (SSSR count). The van der Waals surface area contributed by atoms with E-state index >= 15 is 0 Å². The number of rotatable bonds is 3. The maximum atomic E-state index is 9.01. The van der Waals surface area contributed by atoms with Gasteiger partial charge in [0.15, 0.2) is 0 Å². The molecule has 0 saturated carbocycles. The summed E-state index contributed by atoms with van der Waals surface area (Å²) in [7, 11) is 2.19. The molecule has 1 aliphatic rings. The Hall–Kier alpha value is -2.26. The number of hydrogen-bond acceptors (Lipinski definition) is 5. The summed E-state index contributed by atoms with van der Waals surface area (Å²) in [4.78, 5) is 11.5. The summed E-state index contributed by atoms with van der Waals surface area (Å²) in [6, 6.07) is 15.0. The molecule has 1 aliphatic heterocycles. The molecule has 0 amide bonds. The van der Waals surface area contributed by atoms with Crippen molar-refractivity contribution in [3.8, 4) is 16.5 Å². The SMILES string of the molecule is CN1CCN(Cc2ccc(-c3cc4cc(C#N)cnc4s3)cc2)CC1. The second-order valence-electron chi connectivity index (χ2n) is 6.62. The molecule has 2 aromatic heterocycles. The summed E-state index contributed by atoms with van der Waals surface area (Å²) in [6.07, 6.45) is 1.64. The molecule has 0 aliphatic carbocycles. The summed E-state index contributed by atoms with van der Waals surface area (Å²) in [5.74, 6) is 0. The summed E-state index contributed by atoms with van der Waals surface area (Å²) in [5, 5.41) is 10.0. The van der Waals surface area contributed by atoms with Gasteiger partial charge < -0.3 is 4.90 Å². The van der Waals surface area contributed by atoms with E-state index in [9.17, 15) is 0 Å². The van der Waals surface area contributed by atoms with Crippen molar-refractivity contribution >= 4 is 21.6 Å². The van der Waals surface area contributed by atoms with Crippen LogP contribution in [0.25, 0.3) is 20.7 Å². The minimum atomic E-state index is 0.611. The van der Waals surface area contributed by atoms with Crippen LogP contribution in [0.1, 0.15) is 11.1 Å². The van der Waals surface area contributed by atoms with Gasteiger partial charge in [-0.15, -0.1) is 11.3 Å². The number of nitrogens with zero attached hydrogens (tertiary/aromatic N) is 4.